The molecule has 0 amide bonds. The summed E-state index contributed by atoms with van der Waals surface area (Å²) in [5, 5.41) is 19.1. The SMILES string of the molecule is C=C1C=C2[C@@]3(CC[C@H](CCCO)C3)C[C@@H](CCO)[C@H](C)[C@@]2(C)[C@H]2[C@@H]1C2(C)C. The molecule has 2 heteroatoms. The predicted octanol–water partition coefficient (Wildman–Crippen LogP) is 5.36. The van der Waals surface area contributed by atoms with Crippen molar-refractivity contribution >= 4 is 0 Å². The second-order valence-corrected chi connectivity index (χ2v) is 11.2. The second-order valence-electron chi connectivity index (χ2n) is 11.2. The van der Waals surface area contributed by atoms with E-state index in [-0.39, 0.29) is 5.41 Å². The Morgan fingerprint density at radius 3 is 2.52 bits per heavy atom. The molecule has 2 N–H and O–H groups in total. The molecule has 3 fully saturated rings. The van der Waals surface area contributed by atoms with Crippen LogP contribution < -0.4 is 0 Å². The zero-order chi connectivity index (χ0) is 19.6. The van der Waals surface area contributed by atoms with Gasteiger partial charge < -0.3 is 10.2 Å². The Morgan fingerprint density at radius 1 is 1.11 bits per heavy atom. The Kier molecular flexibility index (Phi) is 4.71. The molecule has 4 aliphatic carbocycles. The molecule has 2 nitrogen and oxygen atoms in total. The number of hydrogen-bond donors (Lipinski definition) is 2. The van der Waals surface area contributed by atoms with Crippen molar-refractivity contribution in [2.24, 2.45) is 45.8 Å². The van der Waals surface area contributed by atoms with Crippen molar-refractivity contribution in [1.29, 1.82) is 0 Å². The minimum absolute atomic E-state index is 0.249. The molecular formula is C25H40O2. The van der Waals surface area contributed by atoms with Crippen molar-refractivity contribution in [2.45, 2.75) is 72.6 Å². The molecule has 0 aromatic rings. The third kappa shape index (κ3) is 2.65. The third-order valence-corrected chi connectivity index (χ3v) is 9.64. The minimum atomic E-state index is 0.249. The van der Waals surface area contributed by atoms with Crippen molar-refractivity contribution in [2.75, 3.05) is 13.2 Å². The number of aliphatic hydroxyl groups excluding tert-OH is 2. The third-order valence-electron chi connectivity index (χ3n) is 9.64. The van der Waals surface area contributed by atoms with Gasteiger partial charge in [0.2, 0.25) is 0 Å². The van der Waals surface area contributed by atoms with Gasteiger partial charge in [0.25, 0.3) is 0 Å². The summed E-state index contributed by atoms with van der Waals surface area (Å²) in [4.78, 5) is 0. The fraction of sp³-hybridized carbons (Fsp3) is 0.840. The first-order valence-electron chi connectivity index (χ1n) is 11.4. The number of aliphatic hydroxyl groups is 2. The largest absolute Gasteiger partial charge is 0.396 e. The quantitative estimate of drug-likeness (QED) is 0.682. The van der Waals surface area contributed by atoms with Gasteiger partial charge in [-0.1, -0.05) is 51.5 Å². The van der Waals surface area contributed by atoms with Crippen LogP contribution in [0.3, 0.4) is 0 Å². The topological polar surface area (TPSA) is 40.5 Å². The van der Waals surface area contributed by atoms with Gasteiger partial charge in [0.05, 0.1) is 0 Å². The summed E-state index contributed by atoms with van der Waals surface area (Å²) < 4.78 is 0. The van der Waals surface area contributed by atoms with Gasteiger partial charge >= 0.3 is 0 Å². The molecule has 0 saturated heterocycles. The standard InChI is InChI=1S/C25H40O2/c1-16-13-20-24(5,22-21(16)23(22,3)4)17(2)19(9-12-27)15-25(20)10-8-18(14-25)7-6-11-26/h13,17-19,21-22,26-27H,1,6-12,14-15H2,2-5H3/t17-,18-,19+,21+,22-,24+,25+/m0/s1. The van der Waals surface area contributed by atoms with E-state index in [4.69, 9.17) is 0 Å². The van der Waals surface area contributed by atoms with Gasteiger partial charge in [-0.25, -0.2) is 0 Å². The highest BCUT2D eigenvalue weighted by molar-refractivity contribution is 5.48. The Balaban J connectivity index is 1.74. The lowest BCUT2D eigenvalue weighted by atomic mass is 9.47. The number of hydrogen-bond acceptors (Lipinski definition) is 2. The molecule has 0 aliphatic heterocycles. The fourth-order valence-corrected chi connectivity index (χ4v) is 8.39. The monoisotopic (exact) mass is 372 g/mol. The highest BCUT2D eigenvalue weighted by Gasteiger charge is 2.72. The average molecular weight is 373 g/mol. The summed E-state index contributed by atoms with van der Waals surface area (Å²) in [6.07, 6.45) is 10.7. The second kappa shape index (κ2) is 6.46. The molecule has 1 spiro atoms. The van der Waals surface area contributed by atoms with E-state index >= 15 is 0 Å². The molecule has 0 radical (unpaired) electrons. The highest BCUT2D eigenvalue weighted by Crippen LogP contribution is 2.79. The lowest BCUT2D eigenvalue weighted by Gasteiger charge is -2.57. The molecular weight excluding hydrogens is 332 g/mol. The molecule has 3 saturated carbocycles. The molecule has 4 rings (SSSR count). The maximum absolute atomic E-state index is 9.78. The first kappa shape index (κ1) is 19.7. The van der Waals surface area contributed by atoms with Crippen molar-refractivity contribution in [3.05, 3.63) is 23.8 Å². The molecule has 0 unspecified atom stereocenters. The summed E-state index contributed by atoms with van der Waals surface area (Å²) in [6, 6.07) is 0. The van der Waals surface area contributed by atoms with E-state index in [0.717, 1.165) is 18.8 Å². The lowest BCUT2D eigenvalue weighted by Crippen LogP contribution is -2.49. The van der Waals surface area contributed by atoms with E-state index < -0.39 is 0 Å². The predicted molar refractivity (Wildman–Crippen MR) is 111 cm³/mol. The smallest absolute Gasteiger partial charge is 0.0433 e. The van der Waals surface area contributed by atoms with E-state index in [1.54, 1.807) is 5.57 Å². The van der Waals surface area contributed by atoms with Crippen molar-refractivity contribution < 1.29 is 10.2 Å². The van der Waals surface area contributed by atoms with Crippen molar-refractivity contribution in [3.63, 3.8) is 0 Å². The van der Waals surface area contributed by atoms with Crippen LogP contribution in [-0.2, 0) is 0 Å². The van der Waals surface area contributed by atoms with Crippen LogP contribution in [0.15, 0.2) is 23.8 Å². The molecule has 4 aliphatic rings. The summed E-state index contributed by atoms with van der Waals surface area (Å²) in [7, 11) is 0. The summed E-state index contributed by atoms with van der Waals surface area (Å²) in [5.41, 5.74) is 4.02. The molecule has 152 valence electrons. The molecule has 0 bridgehead atoms. The van der Waals surface area contributed by atoms with Crippen LogP contribution in [0, 0.1) is 45.8 Å². The van der Waals surface area contributed by atoms with Crippen LogP contribution in [0.2, 0.25) is 0 Å². The van der Waals surface area contributed by atoms with Crippen molar-refractivity contribution in [3.8, 4) is 0 Å². The Morgan fingerprint density at radius 2 is 1.85 bits per heavy atom. The van der Waals surface area contributed by atoms with Crippen LogP contribution in [-0.4, -0.2) is 23.4 Å². The van der Waals surface area contributed by atoms with Gasteiger partial charge in [0.1, 0.15) is 0 Å². The van der Waals surface area contributed by atoms with E-state index in [0.29, 0.717) is 47.7 Å². The zero-order valence-electron chi connectivity index (χ0n) is 17.9. The van der Waals surface area contributed by atoms with Crippen LogP contribution in [0.1, 0.15) is 72.6 Å². The molecule has 7 atom stereocenters. The molecule has 0 heterocycles. The van der Waals surface area contributed by atoms with Crippen molar-refractivity contribution in [1.82, 2.24) is 0 Å². The Labute approximate surface area is 166 Å². The Bertz CT molecular complexity index is 647. The van der Waals surface area contributed by atoms with Gasteiger partial charge in [-0.2, -0.15) is 0 Å². The van der Waals surface area contributed by atoms with E-state index in [1.807, 2.05) is 0 Å². The molecule has 27 heavy (non-hydrogen) atoms. The van der Waals surface area contributed by atoms with Gasteiger partial charge in [-0.3, -0.25) is 0 Å². The lowest BCUT2D eigenvalue weighted by molar-refractivity contribution is 0.00943. The molecule has 0 aromatic carbocycles. The first-order chi connectivity index (χ1) is 12.7. The van der Waals surface area contributed by atoms with Gasteiger partial charge in [0.15, 0.2) is 0 Å². The summed E-state index contributed by atoms with van der Waals surface area (Å²) in [6.45, 7) is 15.1. The van der Waals surface area contributed by atoms with Crippen LogP contribution in [0.4, 0.5) is 0 Å². The van der Waals surface area contributed by atoms with Crippen LogP contribution >= 0.6 is 0 Å². The number of rotatable bonds is 5. The van der Waals surface area contributed by atoms with E-state index in [2.05, 4.69) is 40.3 Å². The molecule has 0 aromatic heterocycles. The number of allylic oxidation sites excluding steroid dienone is 3. The Hall–Kier alpha value is -0.600. The van der Waals surface area contributed by atoms with E-state index in [9.17, 15) is 10.2 Å². The average Bonchev–Trinajstić information content (AvgIpc) is 3.01. The maximum Gasteiger partial charge on any atom is 0.0433 e. The number of fused-ring (bicyclic) bond motifs is 4. The summed E-state index contributed by atoms with van der Waals surface area (Å²) in [5.74, 6) is 3.36. The zero-order valence-corrected chi connectivity index (χ0v) is 17.9. The van der Waals surface area contributed by atoms with Crippen LogP contribution in [0.25, 0.3) is 0 Å². The van der Waals surface area contributed by atoms with Gasteiger partial charge in [-0.05, 0) is 90.8 Å². The van der Waals surface area contributed by atoms with Crippen LogP contribution in [0.5, 0.6) is 0 Å². The maximum atomic E-state index is 9.78. The van der Waals surface area contributed by atoms with Gasteiger partial charge in [-0.15, -0.1) is 0 Å². The first-order valence-corrected chi connectivity index (χ1v) is 11.4. The summed E-state index contributed by atoms with van der Waals surface area (Å²) >= 11 is 0. The van der Waals surface area contributed by atoms with Gasteiger partial charge in [0, 0.05) is 13.2 Å². The highest BCUT2D eigenvalue weighted by atomic mass is 16.3. The van der Waals surface area contributed by atoms with E-state index in [1.165, 1.54) is 37.7 Å². The minimum Gasteiger partial charge on any atom is -0.396 e. The normalized spacial score (nSPS) is 47.6. The fourth-order valence-electron chi connectivity index (χ4n) is 8.39.